The second-order valence-corrected chi connectivity index (χ2v) is 6.20. The van der Waals surface area contributed by atoms with Gasteiger partial charge in [0.25, 0.3) is 5.91 Å². The lowest BCUT2D eigenvalue weighted by molar-refractivity contribution is 0.102. The zero-order valence-corrected chi connectivity index (χ0v) is 15.4. The molecule has 0 atom stereocenters. The first kappa shape index (κ1) is 17.6. The fraction of sp³-hybridized carbons (Fsp3) is 0.150. The molecular weight excluding hydrogens is 358 g/mol. The number of hydrogen-bond donors (Lipinski definition) is 3. The number of H-pyrrole nitrogens is 1. The van der Waals surface area contributed by atoms with Crippen LogP contribution in [-0.2, 0) is 6.42 Å². The normalized spacial score (nSPS) is 10.9. The molecule has 0 saturated carbocycles. The molecule has 8 nitrogen and oxygen atoms in total. The number of amides is 1. The quantitative estimate of drug-likeness (QED) is 0.495. The number of aromatic amines is 1. The van der Waals surface area contributed by atoms with Gasteiger partial charge in [-0.15, -0.1) is 0 Å². The van der Waals surface area contributed by atoms with Gasteiger partial charge in [-0.3, -0.25) is 9.89 Å². The van der Waals surface area contributed by atoms with Crippen LogP contribution in [0.5, 0.6) is 11.5 Å². The Morgan fingerprint density at radius 2 is 2.11 bits per heavy atom. The first-order valence-corrected chi connectivity index (χ1v) is 8.81. The molecular formula is C20H19N5O3. The standard InChI is InChI=1S/C20H19N5O3/c1-3-16-14(11-21-25(16)17-6-4-5-7-18(17)28-2)20(27)22-19-13-9-8-12(26)10-15(13)23-24-19/h4-11,26H,3H2,1-2H3,(H2,22,23,24,27). The summed E-state index contributed by atoms with van der Waals surface area (Å²) >= 11 is 0. The average molecular weight is 377 g/mol. The number of carbonyl (C=O) groups is 1. The SMILES string of the molecule is CCc1c(C(=O)Nc2n[nH]c3cc(O)ccc23)cnn1-c1ccccc1OC. The van der Waals surface area contributed by atoms with Gasteiger partial charge in [-0.25, -0.2) is 4.68 Å². The van der Waals surface area contributed by atoms with Crippen molar-refractivity contribution >= 4 is 22.6 Å². The minimum atomic E-state index is -0.306. The van der Waals surface area contributed by atoms with Crippen molar-refractivity contribution in [3.8, 4) is 17.2 Å². The van der Waals surface area contributed by atoms with E-state index in [1.54, 1.807) is 36.2 Å². The number of rotatable bonds is 5. The Labute approximate surface area is 160 Å². The number of para-hydroxylation sites is 2. The van der Waals surface area contributed by atoms with Gasteiger partial charge in [0.15, 0.2) is 5.82 Å². The molecule has 0 aliphatic rings. The highest BCUT2D eigenvalue weighted by Gasteiger charge is 2.20. The number of ether oxygens (including phenoxy) is 1. The van der Waals surface area contributed by atoms with Gasteiger partial charge in [0, 0.05) is 11.5 Å². The van der Waals surface area contributed by atoms with Crippen molar-refractivity contribution in [3.05, 3.63) is 59.9 Å². The molecule has 0 fully saturated rings. The van der Waals surface area contributed by atoms with Gasteiger partial charge in [0.2, 0.25) is 0 Å². The van der Waals surface area contributed by atoms with Crippen LogP contribution in [0.3, 0.4) is 0 Å². The minimum absolute atomic E-state index is 0.125. The van der Waals surface area contributed by atoms with Crippen LogP contribution >= 0.6 is 0 Å². The lowest BCUT2D eigenvalue weighted by atomic mass is 10.1. The predicted octanol–water partition coefficient (Wildman–Crippen LogP) is 3.28. The summed E-state index contributed by atoms with van der Waals surface area (Å²) in [5.74, 6) is 0.886. The summed E-state index contributed by atoms with van der Waals surface area (Å²) in [6, 6.07) is 12.3. The number of nitrogens with one attached hydrogen (secondary N) is 2. The van der Waals surface area contributed by atoms with E-state index in [2.05, 4.69) is 20.6 Å². The predicted molar refractivity (Wildman–Crippen MR) is 105 cm³/mol. The molecule has 0 radical (unpaired) electrons. The van der Waals surface area contributed by atoms with Crippen LogP contribution in [0.15, 0.2) is 48.7 Å². The number of phenolic OH excluding ortho intramolecular Hbond substituents is 1. The minimum Gasteiger partial charge on any atom is -0.508 e. The number of hydrogen-bond acceptors (Lipinski definition) is 5. The summed E-state index contributed by atoms with van der Waals surface area (Å²) in [6.45, 7) is 1.96. The highest BCUT2D eigenvalue weighted by atomic mass is 16.5. The Hall–Kier alpha value is -3.81. The van der Waals surface area contributed by atoms with Gasteiger partial charge >= 0.3 is 0 Å². The monoisotopic (exact) mass is 377 g/mol. The van der Waals surface area contributed by atoms with Crippen molar-refractivity contribution < 1.29 is 14.6 Å². The number of nitrogens with zero attached hydrogens (tertiary/aromatic N) is 3. The van der Waals surface area contributed by atoms with Crippen LogP contribution in [0.1, 0.15) is 23.0 Å². The third-order valence-electron chi connectivity index (χ3n) is 4.54. The van der Waals surface area contributed by atoms with Gasteiger partial charge in [0.05, 0.1) is 30.1 Å². The van der Waals surface area contributed by atoms with E-state index in [4.69, 9.17) is 4.74 Å². The molecule has 4 aromatic rings. The molecule has 2 aromatic carbocycles. The maximum Gasteiger partial charge on any atom is 0.260 e. The molecule has 1 amide bonds. The van der Waals surface area contributed by atoms with Crippen LogP contribution in [-0.4, -0.2) is 38.1 Å². The zero-order valence-electron chi connectivity index (χ0n) is 15.4. The van der Waals surface area contributed by atoms with Crippen molar-refractivity contribution in [2.24, 2.45) is 0 Å². The van der Waals surface area contributed by atoms with Crippen molar-refractivity contribution in [2.45, 2.75) is 13.3 Å². The summed E-state index contributed by atoms with van der Waals surface area (Å²) in [6.07, 6.45) is 2.15. The Bertz CT molecular complexity index is 1160. The summed E-state index contributed by atoms with van der Waals surface area (Å²) in [5.41, 5.74) is 2.63. The molecule has 0 saturated heterocycles. The molecule has 3 N–H and O–H groups in total. The number of fused-ring (bicyclic) bond motifs is 1. The maximum absolute atomic E-state index is 12.9. The summed E-state index contributed by atoms with van der Waals surface area (Å²) in [4.78, 5) is 12.9. The first-order valence-electron chi connectivity index (χ1n) is 8.81. The van der Waals surface area contributed by atoms with E-state index in [1.807, 2.05) is 31.2 Å². The third-order valence-corrected chi connectivity index (χ3v) is 4.54. The van der Waals surface area contributed by atoms with Gasteiger partial charge in [-0.1, -0.05) is 19.1 Å². The van der Waals surface area contributed by atoms with Crippen molar-refractivity contribution in [1.82, 2.24) is 20.0 Å². The molecule has 0 spiro atoms. The van der Waals surface area contributed by atoms with E-state index in [-0.39, 0.29) is 11.7 Å². The molecule has 0 unspecified atom stereocenters. The van der Waals surface area contributed by atoms with Crippen molar-refractivity contribution in [1.29, 1.82) is 0 Å². The highest BCUT2D eigenvalue weighted by molar-refractivity contribution is 6.08. The largest absolute Gasteiger partial charge is 0.508 e. The van der Waals surface area contributed by atoms with Crippen molar-refractivity contribution in [3.63, 3.8) is 0 Å². The number of aromatic nitrogens is 4. The molecule has 0 bridgehead atoms. The first-order chi connectivity index (χ1) is 13.6. The maximum atomic E-state index is 12.9. The number of methoxy groups -OCH3 is 1. The second-order valence-electron chi connectivity index (χ2n) is 6.20. The number of anilines is 1. The Morgan fingerprint density at radius 1 is 1.29 bits per heavy atom. The highest BCUT2D eigenvalue weighted by Crippen LogP contribution is 2.27. The van der Waals surface area contributed by atoms with Crippen LogP contribution < -0.4 is 10.1 Å². The van der Waals surface area contributed by atoms with Crippen LogP contribution in [0.25, 0.3) is 16.6 Å². The van der Waals surface area contributed by atoms with Gasteiger partial charge in [-0.05, 0) is 30.7 Å². The fourth-order valence-corrected chi connectivity index (χ4v) is 3.19. The van der Waals surface area contributed by atoms with Crippen LogP contribution in [0.2, 0.25) is 0 Å². The molecule has 4 rings (SSSR count). The second kappa shape index (κ2) is 7.07. The topological polar surface area (TPSA) is 105 Å². The number of carbonyl (C=O) groups excluding carboxylic acids is 1. The molecule has 2 aromatic heterocycles. The lowest BCUT2D eigenvalue weighted by Crippen LogP contribution is -2.15. The van der Waals surface area contributed by atoms with E-state index in [0.29, 0.717) is 34.5 Å². The average Bonchev–Trinajstić information content (AvgIpc) is 3.31. The Balaban J connectivity index is 1.69. The summed E-state index contributed by atoms with van der Waals surface area (Å²) in [7, 11) is 1.60. The van der Waals surface area contributed by atoms with E-state index < -0.39 is 0 Å². The molecule has 0 aliphatic heterocycles. The van der Waals surface area contributed by atoms with E-state index in [9.17, 15) is 9.90 Å². The molecule has 142 valence electrons. The fourth-order valence-electron chi connectivity index (χ4n) is 3.19. The van der Waals surface area contributed by atoms with E-state index in [0.717, 1.165) is 11.4 Å². The summed E-state index contributed by atoms with van der Waals surface area (Å²) < 4.78 is 7.13. The van der Waals surface area contributed by atoms with Gasteiger partial charge in [0.1, 0.15) is 17.2 Å². The molecule has 28 heavy (non-hydrogen) atoms. The van der Waals surface area contributed by atoms with Crippen molar-refractivity contribution in [2.75, 3.05) is 12.4 Å². The van der Waals surface area contributed by atoms with E-state index in [1.165, 1.54) is 0 Å². The molecule has 2 heterocycles. The van der Waals surface area contributed by atoms with Crippen LogP contribution in [0.4, 0.5) is 5.82 Å². The van der Waals surface area contributed by atoms with Gasteiger partial charge < -0.3 is 15.2 Å². The van der Waals surface area contributed by atoms with E-state index >= 15 is 0 Å². The number of aromatic hydroxyl groups is 1. The molecule has 8 heteroatoms. The smallest absolute Gasteiger partial charge is 0.260 e. The Kier molecular flexibility index (Phi) is 4.44. The third kappa shape index (κ3) is 2.94. The lowest BCUT2D eigenvalue weighted by Gasteiger charge is -2.11. The van der Waals surface area contributed by atoms with Gasteiger partial charge in [-0.2, -0.15) is 10.2 Å². The number of benzene rings is 2. The summed E-state index contributed by atoms with van der Waals surface area (Å²) in [5, 5.41) is 24.4. The Morgan fingerprint density at radius 3 is 2.89 bits per heavy atom. The molecule has 0 aliphatic carbocycles. The van der Waals surface area contributed by atoms with Crippen LogP contribution in [0, 0.1) is 0 Å². The zero-order chi connectivity index (χ0) is 19.7. The number of phenols is 1.